The van der Waals surface area contributed by atoms with E-state index in [0.29, 0.717) is 18.8 Å². The molecule has 2 heterocycles. The van der Waals surface area contributed by atoms with Crippen molar-refractivity contribution in [3.8, 4) is 21.6 Å². The molecule has 5 nitrogen and oxygen atoms in total. The number of amides is 2. The highest BCUT2D eigenvalue weighted by molar-refractivity contribution is 7.16. The Labute approximate surface area is 258 Å². The molecule has 1 aromatic heterocycles. The summed E-state index contributed by atoms with van der Waals surface area (Å²) in [6.45, 7) is 3.21. The zero-order valence-electron chi connectivity index (χ0n) is 25.0. The predicted molar refractivity (Wildman–Crippen MR) is 176 cm³/mol. The average Bonchev–Trinajstić information content (AvgIpc) is 3.57. The number of ether oxygens (including phenoxy) is 1. The standard InChI is InChI=1S/C37H38N2O3S/c1-3-38(2)37(40)39(42-36-13-6-7-22-41-36)29-11-8-10-27(24-29)34-20-21-35(43-34)28-16-17-31-26(23-28)15-19-32-30-12-5-4-9-25(30)14-18-33(31)32/h4-5,8-12,15,19-21,23-24,36H,3,6-7,13-14,16-18,22H2,1-2H3. The molecule has 0 bridgehead atoms. The molecule has 1 unspecified atom stereocenters. The van der Waals surface area contributed by atoms with Crippen molar-refractivity contribution in [2.24, 2.45) is 0 Å². The van der Waals surface area contributed by atoms with Crippen LogP contribution in [0, 0.1) is 0 Å². The maximum absolute atomic E-state index is 13.3. The fraction of sp³-hybridized carbons (Fsp3) is 0.324. The summed E-state index contributed by atoms with van der Waals surface area (Å²) in [6, 6.07) is 25.9. The summed E-state index contributed by atoms with van der Waals surface area (Å²) in [5.41, 5.74) is 11.9. The van der Waals surface area contributed by atoms with Gasteiger partial charge in [0.15, 0.2) is 6.29 Å². The lowest BCUT2D eigenvalue weighted by atomic mass is 9.78. The van der Waals surface area contributed by atoms with Crippen LogP contribution in [-0.4, -0.2) is 37.4 Å². The Morgan fingerprint density at radius 1 is 0.907 bits per heavy atom. The first kappa shape index (κ1) is 28.1. The van der Waals surface area contributed by atoms with E-state index in [1.807, 2.05) is 30.4 Å². The van der Waals surface area contributed by atoms with E-state index in [-0.39, 0.29) is 6.03 Å². The van der Waals surface area contributed by atoms with Gasteiger partial charge in [0.05, 0.1) is 5.69 Å². The molecule has 0 N–H and O–H groups in total. The number of hydroxylamine groups is 1. The van der Waals surface area contributed by atoms with Crippen molar-refractivity contribution in [1.82, 2.24) is 4.90 Å². The maximum Gasteiger partial charge on any atom is 0.348 e. The van der Waals surface area contributed by atoms with Gasteiger partial charge in [0.1, 0.15) is 0 Å². The van der Waals surface area contributed by atoms with E-state index in [4.69, 9.17) is 9.57 Å². The molecule has 3 aliphatic rings. The van der Waals surface area contributed by atoms with Crippen LogP contribution in [0.15, 0.2) is 72.8 Å². The number of rotatable bonds is 6. The number of thiophene rings is 1. The van der Waals surface area contributed by atoms with Gasteiger partial charge in [-0.15, -0.1) is 11.3 Å². The molecule has 0 spiro atoms. The van der Waals surface area contributed by atoms with Crippen LogP contribution in [0.2, 0.25) is 0 Å². The molecular weight excluding hydrogens is 552 g/mol. The van der Waals surface area contributed by atoms with Crippen LogP contribution >= 0.6 is 11.3 Å². The van der Waals surface area contributed by atoms with E-state index in [1.54, 1.807) is 17.5 Å². The molecule has 7 rings (SSSR count). The van der Waals surface area contributed by atoms with Crippen LogP contribution < -0.4 is 5.06 Å². The second-order valence-electron chi connectivity index (χ2n) is 11.7. The van der Waals surface area contributed by atoms with E-state index in [1.165, 1.54) is 48.2 Å². The smallest absolute Gasteiger partial charge is 0.348 e. The average molecular weight is 591 g/mol. The zero-order chi connectivity index (χ0) is 29.3. The van der Waals surface area contributed by atoms with Crippen LogP contribution in [0.3, 0.4) is 0 Å². The SMILES string of the molecule is CCN(C)C(=O)N(OC1CCCCO1)c1cccc(-c2ccc(C3=Cc4ccc5c(c4CC3)CCc3ccccc3-5)s2)c1. The minimum atomic E-state index is -0.415. The molecule has 2 aliphatic carbocycles. The first-order valence-corrected chi connectivity index (χ1v) is 16.4. The monoisotopic (exact) mass is 590 g/mol. The Morgan fingerprint density at radius 2 is 1.77 bits per heavy atom. The Balaban J connectivity index is 1.15. The maximum atomic E-state index is 13.3. The van der Waals surface area contributed by atoms with Gasteiger partial charge in [-0.2, -0.15) is 5.06 Å². The van der Waals surface area contributed by atoms with Crippen molar-refractivity contribution in [2.75, 3.05) is 25.3 Å². The van der Waals surface area contributed by atoms with Gasteiger partial charge in [-0.05, 0) is 114 Å². The Hall–Kier alpha value is -3.71. The van der Waals surface area contributed by atoms with Crippen LogP contribution in [0.4, 0.5) is 10.5 Å². The number of hydrogen-bond acceptors (Lipinski definition) is 4. The fourth-order valence-corrected chi connectivity index (χ4v) is 7.57. The van der Waals surface area contributed by atoms with E-state index >= 15 is 0 Å². The Kier molecular flexibility index (Phi) is 7.91. The van der Waals surface area contributed by atoms with E-state index in [9.17, 15) is 4.79 Å². The number of allylic oxidation sites excluding steroid dienone is 1. The number of urea groups is 1. The zero-order valence-corrected chi connectivity index (χ0v) is 25.8. The van der Waals surface area contributed by atoms with Crippen molar-refractivity contribution in [3.05, 3.63) is 99.9 Å². The van der Waals surface area contributed by atoms with Gasteiger partial charge in [0.2, 0.25) is 0 Å². The summed E-state index contributed by atoms with van der Waals surface area (Å²) < 4.78 is 5.81. The first-order chi connectivity index (χ1) is 21.1. The Morgan fingerprint density at radius 3 is 2.63 bits per heavy atom. The minimum absolute atomic E-state index is 0.197. The molecule has 1 saturated heterocycles. The van der Waals surface area contributed by atoms with Crippen LogP contribution in [0.25, 0.3) is 33.2 Å². The van der Waals surface area contributed by atoms with E-state index < -0.39 is 6.29 Å². The van der Waals surface area contributed by atoms with Gasteiger partial charge in [0, 0.05) is 36.4 Å². The Bertz CT molecular complexity index is 1680. The normalized spacial score (nSPS) is 17.3. The molecule has 43 heavy (non-hydrogen) atoms. The molecule has 1 aliphatic heterocycles. The van der Waals surface area contributed by atoms with Gasteiger partial charge in [-0.25, -0.2) is 9.63 Å². The largest absolute Gasteiger partial charge is 0.350 e. The third-order valence-corrected chi connectivity index (χ3v) is 10.2. The second kappa shape index (κ2) is 12.1. The van der Waals surface area contributed by atoms with Crippen molar-refractivity contribution >= 4 is 34.7 Å². The lowest BCUT2D eigenvalue weighted by molar-refractivity contribution is -0.164. The third kappa shape index (κ3) is 5.55. The summed E-state index contributed by atoms with van der Waals surface area (Å²) in [5, 5.41) is 1.41. The number of carbonyl (C=O) groups excluding carboxylic acids is 1. The van der Waals surface area contributed by atoms with Crippen LogP contribution in [0.5, 0.6) is 0 Å². The molecule has 6 heteroatoms. The van der Waals surface area contributed by atoms with Crippen LogP contribution in [-0.2, 0) is 28.8 Å². The molecule has 2 amide bonds. The molecule has 1 atom stereocenters. The molecular formula is C37H38N2O3S. The number of aryl methyl sites for hydroxylation is 1. The van der Waals surface area contributed by atoms with Gasteiger partial charge < -0.3 is 9.64 Å². The molecule has 220 valence electrons. The highest BCUT2D eigenvalue weighted by Gasteiger charge is 2.27. The molecule has 4 aromatic rings. The highest BCUT2D eigenvalue weighted by Crippen LogP contribution is 2.42. The molecule has 0 radical (unpaired) electrons. The highest BCUT2D eigenvalue weighted by atomic mass is 32.1. The number of hydrogen-bond donors (Lipinski definition) is 0. The number of fused-ring (bicyclic) bond motifs is 5. The number of benzene rings is 3. The quantitative estimate of drug-likeness (QED) is 0.211. The number of carbonyl (C=O) groups is 1. The van der Waals surface area contributed by atoms with Gasteiger partial charge >= 0.3 is 6.03 Å². The third-order valence-electron chi connectivity index (χ3n) is 9.02. The van der Waals surface area contributed by atoms with Gasteiger partial charge in [-0.1, -0.05) is 54.6 Å². The lowest BCUT2D eigenvalue weighted by Crippen LogP contribution is -2.44. The van der Waals surface area contributed by atoms with Crippen molar-refractivity contribution < 1.29 is 14.4 Å². The predicted octanol–water partition coefficient (Wildman–Crippen LogP) is 9.00. The van der Waals surface area contributed by atoms with Gasteiger partial charge in [0.25, 0.3) is 0 Å². The van der Waals surface area contributed by atoms with Gasteiger partial charge in [-0.3, -0.25) is 0 Å². The first-order valence-electron chi connectivity index (χ1n) is 15.6. The van der Waals surface area contributed by atoms with E-state index in [2.05, 4.69) is 66.7 Å². The van der Waals surface area contributed by atoms with Crippen molar-refractivity contribution in [3.63, 3.8) is 0 Å². The molecule has 3 aromatic carbocycles. The summed E-state index contributed by atoms with van der Waals surface area (Å²) in [4.78, 5) is 23.6. The van der Waals surface area contributed by atoms with Crippen LogP contribution in [0.1, 0.15) is 59.7 Å². The molecule has 1 fully saturated rings. The summed E-state index contributed by atoms with van der Waals surface area (Å²) >= 11 is 1.81. The molecule has 0 saturated carbocycles. The minimum Gasteiger partial charge on any atom is -0.350 e. The van der Waals surface area contributed by atoms with E-state index in [0.717, 1.165) is 50.5 Å². The van der Waals surface area contributed by atoms with Crippen molar-refractivity contribution in [1.29, 1.82) is 0 Å². The summed E-state index contributed by atoms with van der Waals surface area (Å²) in [7, 11) is 1.79. The summed E-state index contributed by atoms with van der Waals surface area (Å²) in [6.07, 6.45) is 9.21. The number of nitrogens with zero attached hydrogens (tertiary/aromatic N) is 2. The second-order valence-corrected chi connectivity index (χ2v) is 12.8. The fourth-order valence-electron chi connectivity index (χ4n) is 6.52. The van der Waals surface area contributed by atoms with Crippen molar-refractivity contribution in [2.45, 2.75) is 58.2 Å². The lowest BCUT2D eigenvalue weighted by Gasteiger charge is -2.31. The number of anilines is 1. The summed E-state index contributed by atoms with van der Waals surface area (Å²) in [5.74, 6) is 0. The topological polar surface area (TPSA) is 42.0 Å².